The van der Waals surface area contributed by atoms with Crippen LogP contribution in [0.1, 0.15) is 116 Å². The normalized spacial score (nSPS) is 14.7. The number of likely N-dealkylation sites (tertiary alicyclic amines) is 1. The molecule has 17 nitrogen and oxygen atoms in total. The Morgan fingerprint density at radius 2 is 1.11 bits per heavy atom. The van der Waals surface area contributed by atoms with E-state index < -0.39 is 5.54 Å². The number of amides is 5. The number of ether oxygens (including phenoxy) is 4. The Hall–Kier alpha value is -2.93. The van der Waals surface area contributed by atoms with Crippen LogP contribution in [0.2, 0.25) is 0 Å². The molecule has 332 valence electrons. The smallest absolute Gasteiger partial charge is 0.222 e. The molecule has 1 aliphatic heterocycles. The number of nitrogens with zero attached hydrogens (tertiary/aromatic N) is 1. The van der Waals surface area contributed by atoms with Crippen molar-refractivity contribution in [3.8, 4) is 0 Å². The molecule has 0 radical (unpaired) electrons. The van der Waals surface area contributed by atoms with Crippen LogP contribution < -0.4 is 38.5 Å². The van der Waals surface area contributed by atoms with Gasteiger partial charge in [0.25, 0.3) is 0 Å². The Morgan fingerprint density at radius 1 is 0.649 bits per heavy atom. The lowest BCUT2D eigenvalue weighted by atomic mass is 10.0. The average Bonchev–Trinajstić information content (AvgIpc) is 3.67. The molecule has 0 aromatic carbocycles. The topological polar surface area (TPSA) is 252 Å². The number of methoxy groups -OCH3 is 1. The summed E-state index contributed by atoms with van der Waals surface area (Å²) >= 11 is 0. The van der Waals surface area contributed by atoms with Gasteiger partial charge < -0.3 is 62.3 Å². The summed E-state index contributed by atoms with van der Waals surface area (Å²) < 4.78 is 23.2. The van der Waals surface area contributed by atoms with E-state index in [2.05, 4.69) is 21.3 Å². The third-order valence-corrected chi connectivity index (χ3v) is 9.66. The van der Waals surface area contributed by atoms with Gasteiger partial charge in [0.15, 0.2) is 0 Å². The van der Waals surface area contributed by atoms with Gasteiger partial charge in [-0.25, -0.2) is 0 Å². The van der Waals surface area contributed by atoms with E-state index in [0.29, 0.717) is 77.8 Å². The van der Waals surface area contributed by atoms with Crippen LogP contribution in [-0.2, 0) is 42.9 Å². The monoisotopic (exact) mass is 815 g/mol. The maximum atomic E-state index is 13.4. The molecule has 1 aliphatic rings. The fraction of sp³-hybridized carbons (Fsp3) is 0.875. The molecule has 0 saturated carbocycles. The lowest BCUT2D eigenvalue weighted by Gasteiger charge is -2.34. The molecular formula is C40H78N8O9. The van der Waals surface area contributed by atoms with Gasteiger partial charge in [-0.1, -0.05) is 38.5 Å². The second-order valence-electron chi connectivity index (χ2n) is 15.2. The highest BCUT2D eigenvalue weighted by atomic mass is 16.5. The number of hydrogen-bond donors (Lipinski definition) is 7. The van der Waals surface area contributed by atoms with E-state index in [-0.39, 0.29) is 101 Å². The van der Waals surface area contributed by atoms with Gasteiger partial charge in [0.1, 0.15) is 5.54 Å². The third kappa shape index (κ3) is 28.2. The number of nitrogens with two attached hydrogens (primary N) is 3. The van der Waals surface area contributed by atoms with E-state index >= 15 is 0 Å². The van der Waals surface area contributed by atoms with Crippen LogP contribution >= 0.6 is 0 Å². The van der Waals surface area contributed by atoms with Gasteiger partial charge in [-0.2, -0.15) is 0 Å². The molecule has 1 saturated heterocycles. The SMILES string of the molecule is COC1CCN(C(=O)CCCCCCCCCCC(=O)NC(COCCC(=O)NCCCN)(COCCC(=O)NCCCN)COCCC(=O)NCCC(C)N)C1. The van der Waals surface area contributed by atoms with E-state index in [1.165, 1.54) is 0 Å². The van der Waals surface area contributed by atoms with Crippen LogP contribution in [-0.4, -0.2) is 145 Å². The summed E-state index contributed by atoms with van der Waals surface area (Å²) in [5.41, 5.74) is 15.7. The van der Waals surface area contributed by atoms with E-state index in [4.69, 9.17) is 36.1 Å². The largest absolute Gasteiger partial charge is 0.380 e. The molecule has 1 rings (SSSR count). The number of nitrogens with one attached hydrogen (secondary N) is 4. The van der Waals surface area contributed by atoms with Crippen molar-refractivity contribution in [3.05, 3.63) is 0 Å². The lowest BCUT2D eigenvalue weighted by Crippen LogP contribution is -2.58. The van der Waals surface area contributed by atoms with Crippen LogP contribution in [0.4, 0.5) is 0 Å². The van der Waals surface area contributed by atoms with Crippen molar-refractivity contribution in [2.45, 2.75) is 134 Å². The van der Waals surface area contributed by atoms with E-state index in [0.717, 1.165) is 57.9 Å². The maximum absolute atomic E-state index is 13.4. The van der Waals surface area contributed by atoms with Crippen LogP contribution in [0.3, 0.4) is 0 Å². The molecule has 1 fully saturated rings. The fourth-order valence-electron chi connectivity index (χ4n) is 6.18. The number of rotatable bonds is 37. The van der Waals surface area contributed by atoms with E-state index in [9.17, 15) is 24.0 Å². The van der Waals surface area contributed by atoms with Crippen LogP contribution in [0.25, 0.3) is 0 Å². The second kappa shape index (κ2) is 34.0. The van der Waals surface area contributed by atoms with Crippen LogP contribution in [0.5, 0.6) is 0 Å². The molecule has 0 aliphatic carbocycles. The minimum Gasteiger partial charge on any atom is -0.380 e. The van der Waals surface area contributed by atoms with Gasteiger partial charge in [-0.05, 0) is 58.5 Å². The number of hydrogen-bond acceptors (Lipinski definition) is 12. The Balaban J connectivity index is 2.69. The minimum atomic E-state index is -1.14. The molecule has 0 aromatic heterocycles. The molecule has 0 aromatic rings. The molecule has 2 unspecified atom stereocenters. The second-order valence-corrected chi connectivity index (χ2v) is 15.2. The first-order chi connectivity index (χ1) is 27.5. The van der Waals surface area contributed by atoms with Gasteiger partial charge in [-0.3, -0.25) is 24.0 Å². The molecule has 0 bridgehead atoms. The summed E-state index contributed by atoms with van der Waals surface area (Å²) in [5, 5.41) is 11.5. The summed E-state index contributed by atoms with van der Waals surface area (Å²) in [6.07, 6.45) is 12.1. The van der Waals surface area contributed by atoms with E-state index in [1.807, 2.05) is 11.8 Å². The summed E-state index contributed by atoms with van der Waals surface area (Å²) in [4.78, 5) is 64.6. The molecule has 2 atom stereocenters. The Morgan fingerprint density at radius 3 is 1.54 bits per heavy atom. The molecular weight excluding hydrogens is 736 g/mol. The van der Waals surface area contributed by atoms with Crippen molar-refractivity contribution >= 4 is 29.5 Å². The zero-order valence-corrected chi connectivity index (χ0v) is 35.2. The Kier molecular flexibility index (Phi) is 31.1. The molecule has 57 heavy (non-hydrogen) atoms. The van der Waals surface area contributed by atoms with Crippen molar-refractivity contribution in [1.82, 2.24) is 26.2 Å². The standard InChI is InChI=1S/C40H78N8O9/c1-33(43)15-24-46-37(51)19-28-57-32-40(30-55-26-17-35(49)44-22-11-20-41,31-56-27-18-36(50)45-23-12-21-42)47-38(52)13-9-7-5-3-4-6-8-10-14-39(53)48-25-16-34(29-48)54-2/h33-34H,3-32,41-43H2,1-2H3,(H,44,49)(H,45,50)(H,46,51)(H,47,52). The Labute approximate surface area is 341 Å². The predicted octanol–water partition coefficient (Wildman–Crippen LogP) is 0.993. The zero-order valence-electron chi connectivity index (χ0n) is 35.2. The first kappa shape index (κ1) is 52.1. The highest BCUT2D eigenvalue weighted by Crippen LogP contribution is 2.16. The van der Waals surface area contributed by atoms with Gasteiger partial charge in [-0.15, -0.1) is 0 Å². The molecule has 0 spiro atoms. The maximum Gasteiger partial charge on any atom is 0.222 e. The van der Waals surface area contributed by atoms with Crippen molar-refractivity contribution in [2.24, 2.45) is 17.2 Å². The highest BCUT2D eigenvalue weighted by molar-refractivity contribution is 5.78. The highest BCUT2D eigenvalue weighted by Gasteiger charge is 2.34. The number of unbranched alkanes of at least 4 members (excludes halogenated alkanes) is 7. The zero-order chi connectivity index (χ0) is 42.0. The fourth-order valence-corrected chi connectivity index (χ4v) is 6.18. The molecule has 17 heteroatoms. The van der Waals surface area contributed by atoms with Crippen LogP contribution in [0.15, 0.2) is 0 Å². The molecule has 5 amide bonds. The summed E-state index contributed by atoms with van der Waals surface area (Å²) in [6, 6.07) is -0.0239. The first-order valence-electron chi connectivity index (χ1n) is 21.3. The van der Waals surface area contributed by atoms with Crippen molar-refractivity contribution in [3.63, 3.8) is 0 Å². The number of carbonyl (C=O) groups excluding carboxylic acids is 5. The third-order valence-electron chi connectivity index (χ3n) is 9.66. The quantitative estimate of drug-likeness (QED) is 0.0434. The van der Waals surface area contributed by atoms with Gasteiger partial charge in [0.05, 0.1) is 45.7 Å². The predicted molar refractivity (Wildman–Crippen MR) is 220 cm³/mol. The summed E-state index contributed by atoms with van der Waals surface area (Å²) in [7, 11) is 1.70. The van der Waals surface area contributed by atoms with Gasteiger partial charge >= 0.3 is 0 Å². The average molecular weight is 815 g/mol. The summed E-state index contributed by atoms with van der Waals surface area (Å²) in [5.74, 6) is -0.490. The molecule has 10 N–H and O–H groups in total. The molecule has 1 heterocycles. The number of carbonyl (C=O) groups is 5. The van der Waals surface area contributed by atoms with Crippen molar-refractivity contribution in [1.29, 1.82) is 0 Å². The van der Waals surface area contributed by atoms with Crippen LogP contribution in [0, 0.1) is 0 Å². The van der Waals surface area contributed by atoms with Gasteiger partial charge in [0, 0.05) is 78.0 Å². The van der Waals surface area contributed by atoms with E-state index in [1.54, 1.807) is 7.11 Å². The Bertz CT molecular complexity index is 1070. The lowest BCUT2D eigenvalue weighted by molar-refractivity contribution is -0.131. The van der Waals surface area contributed by atoms with Gasteiger partial charge in [0.2, 0.25) is 29.5 Å². The van der Waals surface area contributed by atoms with Crippen molar-refractivity contribution in [2.75, 3.05) is 92.6 Å². The minimum absolute atomic E-state index is 0.0184. The summed E-state index contributed by atoms with van der Waals surface area (Å²) in [6.45, 7) is 5.97. The first-order valence-corrected chi connectivity index (χ1v) is 21.3. The van der Waals surface area contributed by atoms with Crippen molar-refractivity contribution < 1.29 is 42.9 Å².